The quantitative estimate of drug-likeness (QED) is 0.127. The minimum absolute atomic E-state index is 0.116. The first-order chi connectivity index (χ1) is 28.3. The Hall–Kier alpha value is -6.25. The van der Waals surface area contributed by atoms with Gasteiger partial charge in [0.05, 0.1) is 49.1 Å². The first-order valence-electron chi connectivity index (χ1n) is 20.3. The van der Waals surface area contributed by atoms with Gasteiger partial charge in [-0.15, -0.1) is 0 Å². The summed E-state index contributed by atoms with van der Waals surface area (Å²) in [6.07, 6.45) is 3.65. The summed E-state index contributed by atoms with van der Waals surface area (Å²) in [6, 6.07) is 16.0. The standard InChI is InChI=1S/C44H50N8O7/c1-22(2)36(48-43(56)58-5)41(54)51-15-7-8-33(51)39-46-31-18-27(13-14-30(31)40(53)50-39)25-9-10-26-17-28(12-11-24(26)16-25)32-21-45-38(47-32)35-20-29-19-34(29)52(35)42(55)37(23(3)4)49-44(57)59-6/h9-14,16-18,21-23,29,33-37H,7-8,15,19-20H2,1-6H3,(H,45,47)(H,48,56)(H,49,57)(H,46,50,53)/t29-,33+,34-,35+,36+,37+/m1/s1. The maximum absolute atomic E-state index is 13.8. The lowest BCUT2D eigenvalue weighted by atomic mass is 9.98. The predicted octanol–water partition coefficient (Wildman–Crippen LogP) is 6.22. The summed E-state index contributed by atoms with van der Waals surface area (Å²) in [6.45, 7) is 8.02. The number of methoxy groups -OCH3 is 2. The number of imidazole rings is 1. The van der Waals surface area contributed by atoms with Crippen LogP contribution in [0.15, 0.2) is 65.6 Å². The van der Waals surface area contributed by atoms with Gasteiger partial charge in [0.15, 0.2) is 0 Å². The molecule has 8 rings (SSSR count). The molecule has 15 nitrogen and oxygen atoms in total. The highest BCUT2D eigenvalue weighted by atomic mass is 16.5. The van der Waals surface area contributed by atoms with Gasteiger partial charge in [-0.05, 0) is 89.6 Å². The van der Waals surface area contributed by atoms with E-state index in [9.17, 15) is 24.0 Å². The number of carbonyl (C=O) groups is 4. The molecule has 1 saturated carbocycles. The highest BCUT2D eigenvalue weighted by Crippen LogP contribution is 2.53. The van der Waals surface area contributed by atoms with Crippen LogP contribution in [0.4, 0.5) is 9.59 Å². The molecule has 2 saturated heterocycles. The van der Waals surface area contributed by atoms with Crippen LogP contribution in [-0.4, -0.2) is 92.6 Å². The van der Waals surface area contributed by atoms with E-state index in [2.05, 4.69) is 44.9 Å². The van der Waals surface area contributed by atoms with Crippen molar-refractivity contribution < 1.29 is 28.7 Å². The number of benzene rings is 3. The second kappa shape index (κ2) is 15.8. The summed E-state index contributed by atoms with van der Waals surface area (Å²) >= 11 is 0. The number of aromatic nitrogens is 4. The molecule has 4 amide bonds. The molecule has 3 fully saturated rings. The number of rotatable bonds is 10. The molecule has 0 unspecified atom stereocenters. The fraction of sp³-hybridized carbons (Fsp3) is 0.432. The van der Waals surface area contributed by atoms with Gasteiger partial charge >= 0.3 is 12.2 Å². The second-order valence-corrected chi connectivity index (χ2v) is 16.6. The van der Waals surface area contributed by atoms with Gasteiger partial charge in [0.25, 0.3) is 5.56 Å². The molecule has 2 aliphatic heterocycles. The Morgan fingerprint density at radius 2 is 1.39 bits per heavy atom. The number of likely N-dealkylation sites (tertiary alicyclic amines) is 2. The molecule has 0 spiro atoms. The Labute approximate surface area is 341 Å². The smallest absolute Gasteiger partial charge is 0.407 e. The molecule has 1 aliphatic carbocycles. The van der Waals surface area contributed by atoms with Crippen LogP contribution in [0, 0.1) is 17.8 Å². The Kier molecular flexibility index (Phi) is 10.6. The van der Waals surface area contributed by atoms with Crippen molar-refractivity contribution in [2.45, 2.75) is 83.6 Å². The Morgan fingerprint density at radius 3 is 2.07 bits per heavy atom. The first-order valence-corrected chi connectivity index (χ1v) is 20.3. The zero-order valence-corrected chi connectivity index (χ0v) is 34.1. The summed E-state index contributed by atoms with van der Waals surface area (Å²) in [5.74, 6) is 0.910. The van der Waals surface area contributed by atoms with Crippen LogP contribution in [0.2, 0.25) is 0 Å². The highest BCUT2D eigenvalue weighted by molar-refractivity contribution is 5.92. The van der Waals surface area contributed by atoms with E-state index in [1.165, 1.54) is 14.2 Å². The Balaban J connectivity index is 1.02. The maximum Gasteiger partial charge on any atom is 0.407 e. The average Bonchev–Trinajstić information content (AvgIpc) is 3.58. The third kappa shape index (κ3) is 7.61. The van der Waals surface area contributed by atoms with Gasteiger partial charge in [-0.3, -0.25) is 14.4 Å². The summed E-state index contributed by atoms with van der Waals surface area (Å²) in [5, 5.41) is 7.89. The van der Waals surface area contributed by atoms with Gasteiger partial charge in [0.2, 0.25) is 11.8 Å². The number of fused-ring (bicyclic) bond motifs is 3. The van der Waals surface area contributed by atoms with Gasteiger partial charge < -0.3 is 39.9 Å². The fourth-order valence-electron chi connectivity index (χ4n) is 8.81. The number of H-pyrrole nitrogens is 2. The van der Waals surface area contributed by atoms with Crippen molar-refractivity contribution in [2.24, 2.45) is 17.8 Å². The van der Waals surface area contributed by atoms with E-state index in [1.54, 1.807) is 11.0 Å². The number of carbonyl (C=O) groups excluding carboxylic acids is 4. The summed E-state index contributed by atoms with van der Waals surface area (Å²) < 4.78 is 9.56. The van der Waals surface area contributed by atoms with Gasteiger partial charge in [-0.2, -0.15) is 0 Å². The van der Waals surface area contributed by atoms with Crippen molar-refractivity contribution in [3.63, 3.8) is 0 Å². The third-order valence-corrected chi connectivity index (χ3v) is 12.1. The van der Waals surface area contributed by atoms with Crippen LogP contribution in [0.25, 0.3) is 44.1 Å². The van der Waals surface area contributed by atoms with Crippen molar-refractivity contribution in [3.8, 4) is 22.4 Å². The molecule has 5 aromatic rings. The summed E-state index contributed by atoms with van der Waals surface area (Å²) in [7, 11) is 2.55. The van der Waals surface area contributed by atoms with Crippen LogP contribution in [0.1, 0.15) is 77.1 Å². The van der Waals surface area contributed by atoms with Gasteiger partial charge in [0.1, 0.15) is 23.7 Å². The van der Waals surface area contributed by atoms with Gasteiger partial charge in [0, 0.05) is 18.2 Å². The fourth-order valence-corrected chi connectivity index (χ4v) is 8.81. The first kappa shape index (κ1) is 39.6. The number of nitrogens with one attached hydrogen (secondary N) is 4. The SMILES string of the molecule is COC(=O)N[C@H](C(=O)N1CCC[C@H]1c1nc2cc(-c3ccc4cc(-c5cnc([C@@H]6C[C@H]7C[C@H]7N6C(=O)[C@@H](NC(=O)OC)C(C)C)[nH]5)ccc4c3)ccc2c(=O)[nH]1)C(C)C. The van der Waals surface area contributed by atoms with Crippen molar-refractivity contribution >= 4 is 45.7 Å². The molecule has 3 aromatic carbocycles. The van der Waals surface area contributed by atoms with Crippen LogP contribution >= 0.6 is 0 Å². The third-order valence-electron chi connectivity index (χ3n) is 12.1. The minimum atomic E-state index is -0.782. The number of ether oxygens (including phenoxy) is 2. The van der Waals surface area contributed by atoms with Gasteiger partial charge in [-0.1, -0.05) is 58.0 Å². The maximum atomic E-state index is 13.8. The number of hydrogen-bond acceptors (Lipinski definition) is 9. The van der Waals surface area contributed by atoms with E-state index in [1.807, 2.05) is 63.1 Å². The monoisotopic (exact) mass is 802 g/mol. The Morgan fingerprint density at radius 1 is 0.763 bits per heavy atom. The van der Waals surface area contributed by atoms with Crippen molar-refractivity contribution in [3.05, 3.63) is 82.8 Å². The van der Waals surface area contributed by atoms with E-state index in [0.29, 0.717) is 35.6 Å². The lowest BCUT2D eigenvalue weighted by Gasteiger charge is -2.31. The van der Waals surface area contributed by atoms with E-state index in [4.69, 9.17) is 19.4 Å². The number of aromatic amines is 2. The summed E-state index contributed by atoms with van der Waals surface area (Å²) in [5.41, 5.74) is 3.89. The molecular weight excluding hydrogens is 753 g/mol. The lowest BCUT2D eigenvalue weighted by molar-refractivity contribution is -0.137. The number of piperidine rings is 1. The number of alkyl carbamates (subject to hydrolysis) is 2. The van der Waals surface area contributed by atoms with Crippen molar-refractivity contribution in [1.82, 2.24) is 40.4 Å². The largest absolute Gasteiger partial charge is 0.453 e. The van der Waals surface area contributed by atoms with E-state index >= 15 is 0 Å². The molecule has 0 radical (unpaired) electrons. The molecule has 3 aliphatic rings. The number of hydrogen-bond donors (Lipinski definition) is 4. The molecule has 308 valence electrons. The molecule has 0 bridgehead atoms. The number of amides is 4. The molecule has 2 aromatic heterocycles. The van der Waals surface area contributed by atoms with E-state index in [0.717, 1.165) is 58.2 Å². The van der Waals surface area contributed by atoms with Crippen LogP contribution in [-0.2, 0) is 19.1 Å². The summed E-state index contributed by atoms with van der Waals surface area (Å²) in [4.78, 5) is 84.7. The zero-order chi connectivity index (χ0) is 41.7. The second-order valence-electron chi connectivity index (χ2n) is 16.6. The Bertz CT molecular complexity index is 2510. The van der Waals surface area contributed by atoms with E-state index in [-0.39, 0.29) is 41.3 Å². The lowest BCUT2D eigenvalue weighted by Crippen LogP contribution is -2.52. The topological polar surface area (TPSA) is 192 Å². The normalized spacial score (nSPS) is 20.8. The molecular formula is C44H50N8O7. The highest BCUT2D eigenvalue weighted by Gasteiger charge is 2.56. The average molecular weight is 803 g/mol. The molecule has 59 heavy (non-hydrogen) atoms. The number of nitrogens with zero attached hydrogens (tertiary/aromatic N) is 4. The van der Waals surface area contributed by atoms with Crippen molar-refractivity contribution in [2.75, 3.05) is 20.8 Å². The van der Waals surface area contributed by atoms with E-state index < -0.39 is 30.3 Å². The van der Waals surface area contributed by atoms with Crippen LogP contribution < -0.4 is 16.2 Å². The molecule has 4 N–H and O–H groups in total. The van der Waals surface area contributed by atoms with Crippen molar-refractivity contribution in [1.29, 1.82) is 0 Å². The molecule has 4 heterocycles. The van der Waals surface area contributed by atoms with Crippen LogP contribution in [0.5, 0.6) is 0 Å². The molecule has 15 heteroatoms. The van der Waals surface area contributed by atoms with Gasteiger partial charge in [-0.25, -0.2) is 19.6 Å². The predicted molar refractivity (Wildman–Crippen MR) is 221 cm³/mol. The zero-order valence-electron chi connectivity index (χ0n) is 34.1. The minimum Gasteiger partial charge on any atom is -0.453 e. The molecule has 6 atom stereocenters. The van der Waals surface area contributed by atoms with Crippen LogP contribution in [0.3, 0.4) is 0 Å².